The summed E-state index contributed by atoms with van der Waals surface area (Å²) in [6.45, 7) is 11.0. The van der Waals surface area contributed by atoms with Gasteiger partial charge in [-0.05, 0) is 39.2 Å². The molecule has 2 saturated heterocycles. The van der Waals surface area contributed by atoms with Crippen molar-refractivity contribution in [3.8, 4) is 0 Å². The highest BCUT2D eigenvalue weighted by atomic mass is 16.3. The first-order chi connectivity index (χ1) is 8.58. The number of rotatable bonds is 4. The molecule has 2 rings (SSSR count). The maximum absolute atomic E-state index is 10.5. The van der Waals surface area contributed by atoms with E-state index in [0.717, 1.165) is 32.0 Å². The van der Waals surface area contributed by atoms with E-state index in [4.69, 9.17) is 0 Å². The Kier molecular flexibility index (Phi) is 4.68. The smallest absolute Gasteiger partial charge is 0.0769 e. The maximum Gasteiger partial charge on any atom is 0.0769 e. The average Bonchev–Trinajstić information content (AvgIpc) is 2.39. The van der Waals surface area contributed by atoms with Gasteiger partial charge in [0.2, 0.25) is 0 Å². The van der Waals surface area contributed by atoms with E-state index in [2.05, 4.69) is 30.6 Å². The van der Waals surface area contributed by atoms with Crippen LogP contribution in [0.5, 0.6) is 0 Å². The lowest BCUT2D eigenvalue weighted by Gasteiger charge is -2.49. The highest BCUT2D eigenvalue weighted by Gasteiger charge is 2.36. The third-order valence-corrected chi connectivity index (χ3v) is 5.13. The second-order valence-electron chi connectivity index (χ2n) is 6.35. The highest BCUT2D eigenvalue weighted by Crippen LogP contribution is 2.26. The van der Waals surface area contributed by atoms with Crippen LogP contribution >= 0.6 is 0 Å². The molecule has 18 heavy (non-hydrogen) atoms. The van der Waals surface area contributed by atoms with Crippen molar-refractivity contribution in [3.63, 3.8) is 0 Å². The van der Waals surface area contributed by atoms with Crippen LogP contribution < -0.4 is 0 Å². The quantitative estimate of drug-likeness (QED) is 0.832. The number of β-amino-alcohol motifs (C(OH)–C–C–N with tert-alkyl or cyclic N) is 1. The van der Waals surface area contributed by atoms with Gasteiger partial charge in [0.1, 0.15) is 0 Å². The minimum Gasteiger partial charge on any atom is -0.389 e. The molecule has 0 aliphatic carbocycles. The Hall–Kier alpha value is -0.120. The molecule has 0 amide bonds. The zero-order valence-corrected chi connectivity index (χ0v) is 12.4. The molecule has 0 aromatic rings. The summed E-state index contributed by atoms with van der Waals surface area (Å²) >= 11 is 0. The highest BCUT2D eigenvalue weighted by molar-refractivity contribution is 4.92. The van der Waals surface area contributed by atoms with Crippen molar-refractivity contribution < 1.29 is 5.11 Å². The molecule has 0 aromatic heterocycles. The molecule has 2 atom stereocenters. The molecular weight excluding hydrogens is 224 g/mol. The molecule has 3 nitrogen and oxygen atoms in total. The number of nitrogens with zero attached hydrogens (tertiary/aromatic N) is 2. The van der Waals surface area contributed by atoms with Gasteiger partial charge in [0.25, 0.3) is 0 Å². The van der Waals surface area contributed by atoms with Gasteiger partial charge in [-0.25, -0.2) is 0 Å². The standard InChI is InChI=1S/C15H30N2O/c1-4-15(18,5-2)12-17-11-14-8-6-7-9-16(14)10-13(17)3/h13-14,18H,4-12H2,1-3H3. The first-order valence-electron chi connectivity index (χ1n) is 7.78. The lowest BCUT2D eigenvalue weighted by atomic mass is 9.92. The van der Waals surface area contributed by atoms with Crippen molar-refractivity contribution in [2.75, 3.05) is 26.2 Å². The lowest BCUT2D eigenvalue weighted by Crippen LogP contribution is -2.61. The van der Waals surface area contributed by atoms with Crippen LogP contribution in [0.15, 0.2) is 0 Å². The normalized spacial score (nSPS) is 31.3. The molecule has 106 valence electrons. The SMILES string of the molecule is CCC(O)(CC)CN1CC2CCCCN2CC1C. The number of hydrogen-bond acceptors (Lipinski definition) is 3. The molecule has 0 spiro atoms. The van der Waals surface area contributed by atoms with Crippen LogP contribution in [0.25, 0.3) is 0 Å². The molecule has 1 N–H and O–H groups in total. The van der Waals surface area contributed by atoms with Gasteiger partial charge >= 0.3 is 0 Å². The van der Waals surface area contributed by atoms with Crippen LogP contribution in [0, 0.1) is 0 Å². The molecule has 3 heteroatoms. The Morgan fingerprint density at radius 2 is 1.89 bits per heavy atom. The zero-order valence-electron chi connectivity index (χ0n) is 12.4. The van der Waals surface area contributed by atoms with Crippen molar-refractivity contribution in [1.82, 2.24) is 9.80 Å². The Morgan fingerprint density at radius 3 is 2.56 bits per heavy atom. The predicted molar refractivity (Wildman–Crippen MR) is 75.8 cm³/mol. The van der Waals surface area contributed by atoms with Crippen LogP contribution in [0.3, 0.4) is 0 Å². The summed E-state index contributed by atoms with van der Waals surface area (Å²) in [5.74, 6) is 0. The first kappa shape index (κ1) is 14.3. The number of piperazine rings is 1. The molecule has 2 heterocycles. The van der Waals surface area contributed by atoms with Crippen molar-refractivity contribution in [3.05, 3.63) is 0 Å². The number of piperidine rings is 1. The molecular formula is C15H30N2O. The topological polar surface area (TPSA) is 26.7 Å². The van der Waals surface area contributed by atoms with Crippen LogP contribution in [-0.2, 0) is 0 Å². The van der Waals surface area contributed by atoms with E-state index in [1.165, 1.54) is 32.4 Å². The first-order valence-corrected chi connectivity index (χ1v) is 7.78. The van der Waals surface area contributed by atoms with E-state index in [1.807, 2.05) is 0 Å². The maximum atomic E-state index is 10.5. The van der Waals surface area contributed by atoms with Gasteiger partial charge < -0.3 is 5.11 Å². The van der Waals surface area contributed by atoms with Gasteiger partial charge in [0.05, 0.1) is 5.60 Å². The van der Waals surface area contributed by atoms with E-state index >= 15 is 0 Å². The molecule has 2 unspecified atom stereocenters. The minimum absolute atomic E-state index is 0.481. The van der Waals surface area contributed by atoms with E-state index in [0.29, 0.717) is 6.04 Å². The molecule has 2 aliphatic rings. The van der Waals surface area contributed by atoms with Gasteiger partial charge in [0, 0.05) is 31.7 Å². The van der Waals surface area contributed by atoms with Crippen molar-refractivity contribution in [1.29, 1.82) is 0 Å². The monoisotopic (exact) mass is 254 g/mol. The van der Waals surface area contributed by atoms with Crippen molar-refractivity contribution in [2.45, 2.75) is 70.6 Å². The molecule has 2 fully saturated rings. The van der Waals surface area contributed by atoms with E-state index in [1.54, 1.807) is 0 Å². The molecule has 2 aliphatic heterocycles. The number of fused-ring (bicyclic) bond motifs is 1. The summed E-state index contributed by atoms with van der Waals surface area (Å²) in [5.41, 5.74) is -0.481. The summed E-state index contributed by atoms with van der Waals surface area (Å²) in [4.78, 5) is 5.20. The summed E-state index contributed by atoms with van der Waals surface area (Å²) in [6, 6.07) is 1.33. The van der Waals surface area contributed by atoms with Crippen molar-refractivity contribution in [2.24, 2.45) is 0 Å². The second-order valence-corrected chi connectivity index (χ2v) is 6.35. The fourth-order valence-electron chi connectivity index (χ4n) is 3.48. The summed E-state index contributed by atoms with van der Waals surface area (Å²) < 4.78 is 0. The Balaban J connectivity index is 1.96. The third-order valence-electron chi connectivity index (χ3n) is 5.13. The van der Waals surface area contributed by atoms with E-state index in [-0.39, 0.29) is 0 Å². The largest absolute Gasteiger partial charge is 0.389 e. The van der Waals surface area contributed by atoms with E-state index < -0.39 is 5.60 Å². The zero-order chi connectivity index (χ0) is 13.2. The number of hydrogen-bond donors (Lipinski definition) is 1. The minimum atomic E-state index is -0.481. The van der Waals surface area contributed by atoms with Crippen LogP contribution in [-0.4, -0.2) is 58.8 Å². The van der Waals surface area contributed by atoms with Gasteiger partial charge in [-0.3, -0.25) is 9.80 Å². The van der Waals surface area contributed by atoms with Crippen LogP contribution in [0.1, 0.15) is 52.9 Å². The second kappa shape index (κ2) is 5.89. The van der Waals surface area contributed by atoms with Gasteiger partial charge in [0.15, 0.2) is 0 Å². The Bertz CT molecular complexity index is 265. The van der Waals surface area contributed by atoms with Crippen LogP contribution in [0.4, 0.5) is 0 Å². The fraction of sp³-hybridized carbons (Fsp3) is 1.00. The van der Waals surface area contributed by atoms with Gasteiger partial charge in [-0.2, -0.15) is 0 Å². The van der Waals surface area contributed by atoms with E-state index in [9.17, 15) is 5.11 Å². The Labute approximate surface area is 112 Å². The third kappa shape index (κ3) is 3.06. The van der Waals surface area contributed by atoms with Gasteiger partial charge in [-0.15, -0.1) is 0 Å². The predicted octanol–water partition coefficient (Wildman–Crippen LogP) is 2.10. The summed E-state index contributed by atoms with van der Waals surface area (Å²) in [7, 11) is 0. The summed E-state index contributed by atoms with van der Waals surface area (Å²) in [6.07, 6.45) is 5.83. The average molecular weight is 254 g/mol. The van der Waals surface area contributed by atoms with Gasteiger partial charge in [-0.1, -0.05) is 20.3 Å². The lowest BCUT2D eigenvalue weighted by molar-refractivity contribution is -0.0513. The molecule has 0 radical (unpaired) electrons. The molecule has 0 aromatic carbocycles. The molecule has 0 bridgehead atoms. The number of aliphatic hydroxyl groups is 1. The Morgan fingerprint density at radius 1 is 1.17 bits per heavy atom. The fourth-order valence-corrected chi connectivity index (χ4v) is 3.48. The van der Waals surface area contributed by atoms with Crippen LogP contribution in [0.2, 0.25) is 0 Å². The van der Waals surface area contributed by atoms with Crippen molar-refractivity contribution >= 4 is 0 Å². The molecule has 0 saturated carbocycles. The summed E-state index contributed by atoms with van der Waals surface area (Å²) in [5, 5.41) is 10.5.